The van der Waals surface area contributed by atoms with Crippen LogP contribution in [0.2, 0.25) is 5.15 Å². The summed E-state index contributed by atoms with van der Waals surface area (Å²) >= 11 is 6.16. The highest BCUT2D eigenvalue weighted by molar-refractivity contribution is 6.30. The van der Waals surface area contributed by atoms with Gasteiger partial charge in [-0.2, -0.15) is 10.4 Å². The molecule has 0 aliphatic heterocycles. The van der Waals surface area contributed by atoms with E-state index in [-0.39, 0.29) is 6.04 Å². The van der Waals surface area contributed by atoms with Gasteiger partial charge in [-0.1, -0.05) is 32.4 Å². The van der Waals surface area contributed by atoms with Crippen LogP contribution in [-0.4, -0.2) is 9.78 Å². The fraction of sp³-hybridized carbons (Fsp3) is 0.667. The summed E-state index contributed by atoms with van der Waals surface area (Å²) in [6.45, 7) is 8.35. The molecule has 0 aromatic carbocycles. The van der Waals surface area contributed by atoms with Gasteiger partial charge in [0.1, 0.15) is 16.8 Å². The number of rotatable bonds is 4. The van der Waals surface area contributed by atoms with Crippen molar-refractivity contribution in [2.45, 2.75) is 46.6 Å². The lowest BCUT2D eigenvalue weighted by molar-refractivity contribution is 0.470. The van der Waals surface area contributed by atoms with Crippen molar-refractivity contribution in [2.24, 2.45) is 5.92 Å². The summed E-state index contributed by atoms with van der Waals surface area (Å²) in [5.41, 5.74) is 1.36. The summed E-state index contributed by atoms with van der Waals surface area (Å²) in [7, 11) is 0. The van der Waals surface area contributed by atoms with Crippen LogP contribution < -0.4 is 0 Å². The first-order valence-electron chi connectivity index (χ1n) is 5.68. The average Bonchev–Trinajstić information content (AvgIpc) is 2.53. The first-order valence-corrected chi connectivity index (χ1v) is 6.06. The van der Waals surface area contributed by atoms with E-state index in [2.05, 4.69) is 38.9 Å². The molecule has 1 heterocycles. The van der Waals surface area contributed by atoms with Crippen LogP contribution in [0.15, 0.2) is 0 Å². The van der Waals surface area contributed by atoms with Crippen molar-refractivity contribution in [2.75, 3.05) is 0 Å². The molecular formula is C12H18ClN3. The number of halogens is 1. The van der Waals surface area contributed by atoms with Gasteiger partial charge in [0.2, 0.25) is 0 Å². The Bertz CT molecular complexity index is 401. The Hall–Kier alpha value is -1.01. The molecular weight excluding hydrogens is 222 g/mol. The quantitative estimate of drug-likeness (QED) is 0.806. The normalized spacial score (nSPS) is 12.8. The lowest BCUT2D eigenvalue weighted by atomic mass is 10.1. The van der Waals surface area contributed by atoms with Crippen LogP contribution in [0.5, 0.6) is 0 Å². The fourth-order valence-electron chi connectivity index (χ4n) is 1.56. The summed E-state index contributed by atoms with van der Waals surface area (Å²) in [4.78, 5) is 0. The molecule has 1 aromatic rings. The number of nitrogens with zero attached hydrogens (tertiary/aromatic N) is 3. The third kappa shape index (κ3) is 2.56. The van der Waals surface area contributed by atoms with Crippen LogP contribution in [0.3, 0.4) is 0 Å². The molecule has 1 unspecified atom stereocenters. The van der Waals surface area contributed by atoms with E-state index in [1.165, 1.54) is 0 Å². The molecule has 16 heavy (non-hydrogen) atoms. The second-order valence-electron chi connectivity index (χ2n) is 4.52. The van der Waals surface area contributed by atoms with Crippen LogP contribution in [0.25, 0.3) is 0 Å². The smallest absolute Gasteiger partial charge is 0.145 e. The maximum atomic E-state index is 9.09. The van der Waals surface area contributed by atoms with E-state index >= 15 is 0 Å². The van der Waals surface area contributed by atoms with Gasteiger partial charge in [0.05, 0.1) is 11.7 Å². The summed E-state index contributed by atoms with van der Waals surface area (Å²) in [5, 5.41) is 14.0. The molecule has 1 atom stereocenters. The zero-order chi connectivity index (χ0) is 12.3. The van der Waals surface area contributed by atoms with Crippen molar-refractivity contribution in [1.82, 2.24) is 9.78 Å². The van der Waals surface area contributed by atoms with Gasteiger partial charge < -0.3 is 0 Å². The van der Waals surface area contributed by atoms with E-state index in [0.29, 0.717) is 16.6 Å². The van der Waals surface area contributed by atoms with Crippen LogP contribution in [0.1, 0.15) is 51.4 Å². The van der Waals surface area contributed by atoms with Gasteiger partial charge in [-0.25, -0.2) is 4.68 Å². The molecule has 1 aromatic heterocycles. The topological polar surface area (TPSA) is 41.6 Å². The fourth-order valence-corrected chi connectivity index (χ4v) is 1.92. The highest BCUT2D eigenvalue weighted by atomic mass is 35.5. The van der Waals surface area contributed by atoms with Crippen LogP contribution in [0.4, 0.5) is 0 Å². The molecule has 0 fully saturated rings. The zero-order valence-corrected chi connectivity index (χ0v) is 11.0. The summed E-state index contributed by atoms with van der Waals surface area (Å²) in [6, 6.07) is 2.39. The molecule has 0 amide bonds. The molecule has 0 aliphatic rings. The molecule has 0 saturated heterocycles. The Balaban J connectivity index is 3.16. The Morgan fingerprint density at radius 3 is 2.50 bits per heavy atom. The largest absolute Gasteiger partial charge is 0.250 e. The Morgan fingerprint density at radius 1 is 1.44 bits per heavy atom. The number of aromatic nitrogens is 2. The van der Waals surface area contributed by atoms with E-state index in [1.807, 2.05) is 0 Å². The molecule has 0 radical (unpaired) electrons. The molecule has 3 nitrogen and oxygen atoms in total. The maximum Gasteiger partial charge on any atom is 0.145 e. The molecule has 0 bridgehead atoms. The molecule has 0 N–H and O–H groups in total. The first kappa shape index (κ1) is 13.1. The highest BCUT2D eigenvalue weighted by Gasteiger charge is 2.19. The van der Waals surface area contributed by atoms with E-state index in [0.717, 1.165) is 18.5 Å². The van der Waals surface area contributed by atoms with Crippen molar-refractivity contribution < 1.29 is 0 Å². The zero-order valence-electron chi connectivity index (χ0n) is 10.3. The molecule has 88 valence electrons. The minimum atomic E-state index is 0.237. The number of hydrogen-bond donors (Lipinski definition) is 0. The van der Waals surface area contributed by atoms with Gasteiger partial charge >= 0.3 is 0 Å². The predicted octanol–water partition coefficient (Wildman–Crippen LogP) is 3.58. The Labute approximate surface area is 102 Å². The van der Waals surface area contributed by atoms with Crippen molar-refractivity contribution in [3.8, 4) is 6.07 Å². The monoisotopic (exact) mass is 239 g/mol. The van der Waals surface area contributed by atoms with Crippen LogP contribution in [-0.2, 0) is 6.42 Å². The van der Waals surface area contributed by atoms with Gasteiger partial charge in [-0.15, -0.1) is 0 Å². The van der Waals surface area contributed by atoms with Crippen molar-refractivity contribution >= 4 is 11.6 Å². The Morgan fingerprint density at radius 2 is 2.06 bits per heavy atom. The third-order valence-corrected chi connectivity index (χ3v) is 3.01. The first-order chi connectivity index (χ1) is 7.51. The third-order valence-electron chi connectivity index (χ3n) is 2.65. The van der Waals surface area contributed by atoms with Gasteiger partial charge in [0, 0.05) is 0 Å². The number of nitriles is 1. The molecule has 0 spiro atoms. The summed E-state index contributed by atoms with van der Waals surface area (Å²) in [6.07, 6.45) is 1.75. The Kier molecular flexibility index (Phi) is 4.37. The lowest BCUT2D eigenvalue weighted by Gasteiger charge is -2.09. The van der Waals surface area contributed by atoms with E-state index in [1.54, 1.807) is 4.68 Å². The van der Waals surface area contributed by atoms with Crippen molar-refractivity contribution in [3.05, 3.63) is 16.4 Å². The highest BCUT2D eigenvalue weighted by Crippen LogP contribution is 2.25. The predicted molar refractivity (Wildman–Crippen MR) is 65.5 cm³/mol. The van der Waals surface area contributed by atoms with Crippen LogP contribution in [0, 0.1) is 17.2 Å². The second-order valence-corrected chi connectivity index (χ2v) is 4.88. The van der Waals surface area contributed by atoms with Gasteiger partial charge in [-0.05, 0) is 25.7 Å². The van der Waals surface area contributed by atoms with E-state index in [9.17, 15) is 0 Å². The average molecular weight is 240 g/mol. The maximum absolute atomic E-state index is 9.09. The minimum Gasteiger partial charge on any atom is -0.250 e. The molecule has 4 heteroatoms. The lowest BCUT2D eigenvalue weighted by Crippen LogP contribution is -2.06. The van der Waals surface area contributed by atoms with Crippen molar-refractivity contribution in [3.63, 3.8) is 0 Å². The van der Waals surface area contributed by atoms with Crippen LogP contribution >= 0.6 is 11.6 Å². The molecule has 1 rings (SSSR count). The second kappa shape index (κ2) is 5.36. The van der Waals surface area contributed by atoms with Crippen molar-refractivity contribution in [1.29, 1.82) is 5.26 Å². The van der Waals surface area contributed by atoms with E-state index < -0.39 is 0 Å². The number of hydrogen-bond acceptors (Lipinski definition) is 2. The SMILES string of the molecule is CCC(C)n1nc(CC(C)C)c(C#N)c1Cl. The standard InChI is InChI=1S/C12H18ClN3/c1-5-9(4)16-12(13)10(7-14)11(15-16)6-8(2)3/h8-9H,5-6H2,1-4H3. The van der Waals surface area contributed by atoms with Gasteiger partial charge in [0.15, 0.2) is 0 Å². The van der Waals surface area contributed by atoms with Gasteiger partial charge in [-0.3, -0.25) is 0 Å². The van der Waals surface area contributed by atoms with Gasteiger partial charge in [0.25, 0.3) is 0 Å². The summed E-state index contributed by atoms with van der Waals surface area (Å²) < 4.78 is 1.76. The van der Waals surface area contributed by atoms with E-state index in [4.69, 9.17) is 16.9 Å². The molecule has 0 aliphatic carbocycles. The summed E-state index contributed by atoms with van der Waals surface area (Å²) in [5.74, 6) is 0.475. The molecule has 0 saturated carbocycles. The minimum absolute atomic E-state index is 0.237.